The number of aryl methyl sites for hydroxylation is 1. The average Bonchev–Trinajstić information content (AvgIpc) is 3.43. The van der Waals surface area contributed by atoms with E-state index in [1.807, 2.05) is 18.2 Å². The van der Waals surface area contributed by atoms with E-state index in [4.69, 9.17) is 4.98 Å². The topological polar surface area (TPSA) is 89.4 Å². The predicted octanol–water partition coefficient (Wildman–Crippen LogP) is 4.84. The zero-order chi connectivity index (χ0) is 22.7. The number of tetrazole rings is 1. The van der Waals surface area contributed by atoms with E-state index >= 15 is 0 Å². The molecule has 0 spiro atoms. The third-order valence-corrected chi connectivity index (χ3v) is 5.50. The molecule has 164 valence electrons. The van der Waals surface area contributed by atoms with Gasteiger partial charge in [0, 0.05) is 23.9 Å². The summed E-state index contributed by atoms with van der Waals surface area (Å²) in [6.45, 7) is 9.03. The minimum Gasteiger partial charge on any atom is -0.321 e. The first-order chi connectivity index (χ1) is 15.4. The van der Waals surface area contributed by atoms with Gasteiger partial charge in [0.2, 0.25) is 5.82 Å². The molecule has 7 nitrogen and oxygen atoms in total. The van der Waals surface area contributed by atoms with E-state index in [1.165, 1.54) is 0 Å². The fraction of sp³-hybridized carbons (Fsp3) is 0.320. The molecule has 4 aromatic rings. The number of carbonyl (C=O) groups excluding carboxylic acids is 1. The summed E-state index contributed by atoms with van der Waals surface area (Å²) in [6.07, 6.45) is 2.76. The zero-order valence-corrected chi connectivity index (χ0v) is 19.0. The number of H-pyrrole nitrogens is 1. The second-order valence-corrected chi connectivity index (χ2v) is 8.94. The van der Waals surface area contributed by atoms with Gasteiger partial charge in [0.25, 0.3) is 0 Å². The highest BCUT2D eigenvalue weighted by Gasteiger charge is 2.25. The van der Waals surface area contributed by atoms with Gasteiger partial charge in [0.15, 0.2) is 6.29 Å². The van der Waals surface area contributed by atoms with Crippen molar-refractivity contribution in [3.8, 4) is 22.5 Å². The molecule has 0 atom stereocenters. The molecule has 0 radical (unpaired) electrons. The molecule has 7 heteroatoms. The molecule has 0 fully saturated rings. The van der Waals surface area contributed by atoms with Crippen molar-refractivity contribution in [2.24, 2.45) is 0 Å². The minimum atomic E-state index is -0.188. The number of nitrogens with zero attached hydrogens (tertiary/aromatic N) is 5. The lowest BCUT2D eigenvalue weighted by Gasteiger charge is -2.16. The van der Waals surface area contributed by atoms with Crippen molar-refractivity contribution in [2.45, 2.75) is 52.5 Å². The van der Waals surface area contributed by atoms with Gasteiger partial charge in [-0.1, -0.05) is 76.2 Å². The van der Waals surface area contributed by atoms with Crippen LogP contribution in [0.3, 0.4) is 0 Å². The monoisotopic (exact) mass is 428 g/mol. The summed E-state index contributed by atoms with van der Waals surface area (Å²) in [7, 11) is 0. The first-order valence-electron chi connectivity index (χ1n) is 10.9. The summed E-state index contributed by atoms with van der Waals surface area (Å²) >= 11 is 0. The Morgan fingerprint density at radius 2 is 1.75 bits per heavy atom. The Kier molecular flexibility index (Phi) is 5.99. The van der Waals surface area contributed by atoms with E-state index in [0.29, 0.717) is 18.1 Å². The van der Waals surface area contributed by atoms with Crippen LogP contribution >= 0.6 is 0 Å². The van der Waals surface area contributed by atoms with Gasteiger partial charge in [0.1, 0.15) is 11.5 Å². The number of rotatable bonds is 7. The third kappa shape index (κ3) is 4.23. The van der Waals surface area contributed by atoms with Crippen molar-refractivity contribution < 1.29 is 4.79 Å². The molecule has 0 bridgehead atoms. The first-order valence-corrected chi connectivity index (χ1v) is 10.9. The lowest BCUT2D eigenvalue weighted by Crippen LogP contribution is -2.16. The van der Waals surface area contributed by atoms with Crippen molar-refractivity contribution in [3.05, 3.63) is 71.3 Å². The number of aromatic nitrogens is 6. The molecule has 1 N–H and O–H groups in total. The van der Waals surface area contributed by atoms with Crippen LogP contribution < -0.4 is 0 Å². The third-order valence-electron chi connectivity index (χ3n) is 5.50. The molecule has 0 saturated carbocycles. The second-order valence-electron chi connectivity index (χ2n) is 8.94. The van der Waals surface area contributed by atoms with Crippen LogP contribution in [0.15, 0.2) is 48.5 Å². The Labute approximate surface area is 187 Å². The van der Waals surface area contributed by atoms with Gasteiger partial charge >= 0.3 is 0 Å². The van der Waals surface area contributed by atoms with Gasteiger partial charge in [-0.3, -0.25) is 4.79 Å². The second kappa shape index (κ2) is 8.86. The molecule has 2 aromatic heterocycles. The van der Waals surface area contributed by atoms with Crippen LogP contribution in [0.4, 0.5) is 0 Å². The van der Waals surface area contributed by atoms with E-state index < -0.39 is 0 Å². The molecule has 0 aliphatic carbocycles. The number of carbonyl (C=O) groups is 1. The highest BCUT2D eigenvalue weighted by Crippen LogP contribution is 2.30. The van der Waals surface area contributed by atoms with E-state index in [9.17, 15) is 4.79 Å². The molecule has 32 heavy (non-hydrogen) atoms. The van der Waals surface area contributed by atoms with Gasteiger partial charge in [-0.05, 0) is 28.3 Å². The number of imidazole rings is 1. The minimum absolute atomic E-state index is 0.188. The van der Waals surface area contributed by atoms with E-state index in [-0.39, 0.29) is 5.41 Å². The Morgan fingerprint density at radius 1 is 1.03 bits per heavy atom. The molecule has 0 saturated heterocycles. The van der Waals surface area contributed by atoms with Gasteiger partial charge in [-0.15, -0.1) is 10.2 Å². The molecule has 4 rings (SSSR count). The number of aldehydes is 1. The highest BCUT2D eigenvalue weighted by molar-refractivity contribution is 5.80. The molecule has 0 aliphatic rings. The van der Waals surface area contributed by atoms with Crippen LogP contribution in [0.25, 0.3) is 22.5 Å². The van der Waals surface area contributed by atoms with Crippen molar-refractivity contribution in [1.82, 2.24) is 30.2 Å². The molecular formula is C25H28N6O. The quantitative estimate of drug-likeness (QED) is 0.425. The molecule has 0 amide bonds. The maximum Gasteiger partial charge on any atom is 0.205 e. The Hall–Kier alpha value is -3.61. The summed E-state index contributed by atoms with van der Waals surface area (Å²) in [5, 5.41) is 14.4. The fourth-order valence-electron chi connectivity index (χ4n) is 3.95. The number of hydrogen-bond donors (Lipinski definition) is 1. The van der Waals surface area contributed by atoms with Gasteiger partial charge in [-0.2, -0.15) is 5.21 Å². The summed E-state index contributed by atoms with van der Waals surface area (Å²) in [5.41, 5.74) is 5.50. The van der Waals surface area contributed by atoms with Crippen LogP contribution in [-0.2, 0) is 18.4 Å². The Balaban J connectivity index is 1.68. The number of benzene rings is 2. The van der Waals surface area contributed by atoms with Crippen LogP contribution in [0.5, 0.6) is 0 Å². The van der Waals surface area contributed by atoms with Crippen LogP contribution in [0.2, 0.25) is 0 Å². The summed E-state index contributed by atoms with van der Waals surface area (Å²) in [6, 6.07) is 16.4. The van der Waals surface area contributed by atoms with Gasteiger partial charge < -0.3 is 4.57 Å². The molecule has 0 unspecified atom stereocenters. The van der Waals surface area contributed by atoms with Crippen LogP contribution in [-0.4, -0.2) is 36.5 Å². The van der Waals surface area contributed by atoms with Crippen molar-refractivity contribution in [2.75, 3.05) is 0 Å². The maximum atomic E-state index is 12.0. The average molecular weight is 429 g/mol. The van der Waals surface area contributed by atoms with E-state index in [0.717, 1.165) is 52.9 Å². The maximum absolute atomic E-state index is 12.0. The predicted molar refractivity (Wildman–Crippen MR) is 124 cm³/mol. The summed E-state index contributed by atoms with van der Waals surface area (Å²) in [4.78, 5) is 16.9. The van der Waals surface area contributed by atoms with E-state index in [2.05, 4.69) is 83.2 Å². The number of aromatic amines is 1. The SMILES string of the molecule is CCCc1nc(C(C)(C)C)c(C=O)n1Cc1ccc(-c2ccccc2-c2nn[nH]n2)cc1. The van der Waals surface area contributed by atoms with Gasteiger partial charge in [-0.25, -0.2) is 4.98 Å². The molecule has 2 heterocycles. The number of hydrogen-bond acceptors (Lipinski definition) is 5. The fourth-order valence-corrected chi connectivity index (χ4v) is 3.95. The zero-order valence-electron chi connectivity index (χ0n) is 19.0. The lowest BCUT2D eigenvalue weighted by atomic mass is 9.91. The lowest BCUT2D eigenvalue weighted by molar-refractivity contribution is 0.111. The standard InChI is InChI=1S/C25H28N6O/c1-5-8-22-26-23(25(2,3)4)21(16-32)31(22)15-17-11-13-18(14-12-17)19-9-6-7-10-20(19)24-27-29-30-28-24/h6-7,9-14,16H,5,8,15H2,1-4H3,(H,27,28,29,30). The molecular weight excluding hydrogens is 400 g/mol. The van der Waals surface area contributed by atoms with Crippen molar-refractivity contribution in [1.29, 1.82) is 0 Å². The largest absolute Gasteiger partial charge is 0.321 e. The summed E-state index contributed by atoms with van der Waals surface area (Å²) < 4.78 is 2.07. The number of nitrogens with one attached hydrogen (secondary N) is 1. The molecule has 2 aromatic carbocycles. The molecule has 0 aliphatic heterocycles. The Morgan fingerprint density at radius 3 is 2.34 bits per heavy atom. The van der Waals surface area contributed by atoms with E-state index in [1.54, 1.807) is 0 Å². The van der Waals surface area contributed by atoms with Crippen molar-refractivity contribution >= 4 is 6.29 Å². The first kappa shape index (κ1) is 21.6. The smallest absolute Gasteiger partial charge is 0.205 e. The highest BCUT2D eigenvalue weighted by atomic mass is 16.1. The van der Waals surface area contributed by atoms with Crippen LogP contribution in [0.1, 0.15) is 61.7 Å². The van der Waals surface area contributed by atoms with Crippen LogP contribution in [0, 0.1) is 0 Å². The normalized spacial score (nSPS) is 11.6. The van der Waals surface area contributed by atoms with Gasteiger partial charge in [0.05, 0.1) is 5.69 Å². The summed E-state index contributed by atoms with van der Waals surface area (Å²) in [5.74, 6) is 1.53. The Bertz CT molecular complexity index is 1200. The van der Waals surface area contributed by atoms with Crippen molar-refractivity contribution in [3.63, 3.8) is 0 Å².